The molecule has 6 heteroatoms. The van der Waals surface area contributed by atoms with Crippen molar-refractivity contribution in [2.45, 2.75) is 24.8 Å². The number of Topliss-reactive ketones (excluding diaryl/α,β-unsaturated/α-hetero) is 1. The van der Waals surface area contributed by atoms with Gasteiger partial charge in [0.25, 0.3) is 0 Å². The van der Waals surface area contributed by atoms with Gasteiger partial charge in [0.05, 0.1) is 12.8 Å². The topological polar surface area (TPSA) is 57.0 Å². The molecule has 0 aliphatic carbocycles. The van der Waals surface area contributed by atoms with E-state index in [9.17, 15) is 4.79 Å². The third kappa shape index (κ3) is 3.74. The molecule has 1 heterocycles. The maximum atomic E-state index is 11.6. The maximum Gasteiger partial charge on any atom is 0.195 e. The van der Waals surface area contributed by atoms with Crippen molar-refractivity contribution in [3.8, 4) is 11.4 Å². The average Bonchev–Trinajstić information content (AvgIpc) is 3.08. The van der Waals surface area contributed by atoms with Crippen molar-refractivity contribution in [2.75, 3.05) is 7.11 Å². The van der Waals surface area contributed by atoms with Gasteiger partial charge in [0.15, 0.2) is 10.9 Å². The van der Waals surface area contributed by atoms with Gasteiger partial charge >= 0.3 is 0 Å². The lowest BCUT2D eigenvalue weighted by Crippen LogP contribution is -1.99. The van der Waals surface area contributed by atoms with Gasteiger partial charge < -0.3 is 4.74 Å². The molecule has 3 rings (SSSR count). The van der Waals surface area contributed by atoms with Gasteiger partial charge in [-0.25, -0.2) is 0 Å². The van der Waals surface area contributed by atoms with Crippen molar-refractivity contribution in [1.82, 2.24) is 14.8 Å². The molecule has 0 amide bonds. The van der Waals surface area contributed by atoms with E-state index in [1.54, 1.807) is 38.2 Å². The molecule has 2 aromatic carbocycles. The second-order valence-corrected chi connectivity index (χ2v) is 6.58. The summed E-state index contributed by atoms with van der Waals surface area (Å²) in [6.07, 6.45) is 1.72. The highest BCUT2D eigenvalue weighted by Crippen LogP contribution is 2.29. The first-order valence-electron chi connectivity index (χ1n) is 7.87. The summed E-state index contributed by atoms with van der Waals surface area (Å²) in [6, 6.07) is 13.6. The summed E-state index contributed by atoms with van der Waals surface area (Å²) in [6.45, 7) is 3.62. The first-order valence-corrected chi connectivity index (χ1v) is 8.85. The Morgan fingerprint density at radius 2 is 2.04 bits per heavy atom. The quantitative estimate of drug-likeness (QED) is 0.494. The number of methoxy groups -OCH3 is 1. The molecule has 0 saturated carbocycles. The Balaban J connectivity index is 1.86. The summed E-state index contributed by atoms with van der Waals surface area (Å²) in [5, 5.41) is 9.07. The number of carbonyl (C=O) groups excluding carboxylic acids is 1. The van der Waals surface area contributed by atoms with Crippen LogP contribution < -0.4 is 4.74 Å². The molecule has 3 aromatic rings. The summed E-state index contributed by atoms with van der Waals surface area (Å²) in [4.78, 5) is 11.6. The smallest absolute Gasteiger partial charge is 0.195 e. The van der Waals surface area contributed by atoms with Crippen LogP contribution in [0.1, 0.15) is 28.4 Å². The number of rotatable bonds is 6. The zero-order valence-corrected chi connectivity index (χ0v) is 15.2. The largest absolute Gasteiger partial charge is 0.496 e. The highest BCUT2D eigenvalue weighted by molar-refractivity contribution is 7.98. The number of thioether (sulfide) groups is 1. The van der Waals surface area contributed by atoms with Crippen LogP contribution in [0.2, 0.25) is 0 Å². The van der Waals surface area contributed by atoms with Gasteiger partial charge in [0, 0.05) is 16.9 Å². The van der Waals surface area contributed by atoms with Crippen LogP contribution in [0, 0.1) is 6.92 Å². The molecule has 0 radical (unpaired) electrons. The van der Waals surface area contributed by atoms with Crippen LogP contribution in [0.5, 0.6) is 5.75 Å². The summed E-state index contributed by atoms with van der Waals surface area (Å²) in [7, 11) is 1.63. The predicted octanol–water partition coefficient (Wildman–Crippen LogP) is 4.08. The Morgan fingerprint density at radius 1 is 1.24 bits per heavy atom. The van der Waals surface area contributed by atoms with Crippen LogP contribution in [0.4, 0.5) is 0 Å². The third-order valence-corrected chi connectivity index (χ3v) is 4.93. The van der Waals surface area contributed by atoms with Gasteiger partial charge in [0.2, 0.25) is 0 Å². The first kappa shape index (κ1) is 17.2. The van der Waals surface area contributed by atoms with Crippen LogP contribution >= 0.6 is 11.8 Å². The first-order chi connectivity index (χ1) is 12.1. The third-order valence-electron chi connectivity index (χ3n) is 3.94. The highest BCUT2D eigenvalue weighted by Gasteiger charge is 2.12. The van der Waals surface area contributed by atoms with E-state index < -0.39 is 0 Å². The van der Waals surface area contributed by atoms with E-state index >= 15 is 0 Å². The Bertz CT molecular complexity index is 905. The Hall–Kier alpha value is -2.60. The highest BCUT2D eigenvalue weighted by atomic mass is 32.2. The van der Waals surface area contributed by atoms with Gasteiger partial charge in [0.1, 0.15) is 12.1 Å². The number of aromatic nitrogens is 3. The zero-order chi connectivity index (χ0) is 17.8. The molecule has 0 spiro atoms. The van der Waals surface area contributed by atoms with Gasteiger partial charge in [-0.05, 0) is 43.7 Å². The van der Waals surface area contributed by atoms with E-state index in [2.05, 4.69) is 23.2 Å². The van der Waals surface area contributed by atoms with E-state index in [1.807, 2.05) is 34.9 Å². The van der Waals surface area contributed by atoms with Crippen molar-refractivity contribution >= 4 is 17.5 Å². The number of ether oxygens (including phenoxy) is 1. The number of nitrogens with zero attached hydrogens (tertiary/aromatic N) is 3. The monoisotopic (exact) mass is 353 g/mol. The normalized spacial score (nSPS) is 10.7. The van der Waals surface area contributed by atoms with Crippen LogP contribution in [0.25, 0.3) is 5.69 Å². The number of ketones is 1. The summed E-state index contributed by atoms with van der Waals surface area (Å²) < 4.78 is 7.39. The minimum atomic E-state index is 0.0389. The average molecular weight is 353 g/mol. The fourth-order valence-electron chi connectivity index (χ4n) is 2.57. The standard InChI is InChI=1S/C19H19N3O2S/c1-13-6-4-5-7-17(13)22-12-20-21-19(22)25-11-16-10-15(14(2)23)8-9-18(16)24-3/h4-10,12H,11H2,1-3H3. The van der Waals surface area contributed by atoms with Crippen LogP contribution in [-0.4, -0.2) is 27.7 Å². The Morgan fingerprint density at radius 3 is 2.76 bits per heavy atom. The molecule has 0 N–H and O–H groups in total. The Kier molecular flexibility index (Phi) is 5.19. The molecule has 0 unspecified atom stereocenters. The molecule has 25 heavy (non-hydrogen) atoms. The molecule has 0 bridgehead atoms. The van der Waals surface area contributed by atoms with Gasteiger partial charge in [-0.15, -0.1) is 10.2 Å². The molecule has 0 atom stereocenters. The molecular weight excluding hydrogens is 334 g/mol. The lowest BCUT2D eigenvalue weighted by atomic mass is 10.1. The predicted molar refractivity (Wildman–Crippen MR) is 98.7 cm³/mol. The SMILES string of the molecule is COc1ccc(C(C)=O)cc1CSc1nncn1-c1ccccc1C. The van der Waals surface area contributed by atoms with E-state index in [4.69, 9.17) is 4.74 Å². The zero-order valence-electron chi connectivity index (χ0n) is 14.4. The van der Waals surface area contributed by atoms with E-state index in [0.29, 0.717) is 11.3 Å². The number of para-hydroxylation sites is 1. The number of benzene rings is 2. The lowest BCUT2D eigenvalue weighted by molar-refractivity contribution is 0.101. The van der Waals surface area contributed by atoms with Crippen molar-refractivity contribution in [2.24, 2.45) is 0 Å². The van der Waals surface area contributed by atoms with Crippen molar-refractivity contribution < 1.29 is 9.53 Å². The summed E-state index contributed by atoms with van der Waals surface area (Å²) in [5.74, 6) is 1.44. The number of carbonyl (C=O) groups is 1. The molecule has 0 saturated heterocycles. The van der Waals surface area contributed by atoms with Gasteiger partial charge in [-0.1, -0.05) is 30.0 Å². The summed E-state index contributed by atoms with van der Waals surface area (Å²) in [5.41, 5.74) is 3.84. The van der Waals surface area contributed by atoms with Crippen molar-refractivity contribution in [3.05, 3.63) is 65.5 Å². The molecule has 1 aromatic heterocycles. The molecular formula is C19H19N3O2S. The number of hydrogen-bond acceptors (Lipinski definition) is 5. The fraction of sp³-hybridized carbons (Fsp3) is 0.211. The minimum Gasteiger partial charge on any atom is -0.496 e. The number of aryl methyl sites for hydroxylation is 1. The van der Waals surface area contributed by atoms with Gasteiger partial charge in [-0.3, -0.25) is 9.36 Å². The molecule has 128 valence electrons. The second kappa shape index (κ2) is 7.53. The van der Waals surface area contributed by atoms with Crippen molar-refractivity contribution in [3.63, 3.8) is 0 Å². The minimum absolute atomic E-state index is 0.0389. The molecule has 5 nitrogen and oxygen atoms in total. The van der Waals surface area contributed by atoms with Gasteiger partial charge in [-0.2, -0.15) is 0 Å². The summed E-state index contributed by atoms with van der Waals surface area (Å²) >= 11 is 1.56. The maximum absolute atomic E-state index is 11.6. The molecule has 0 aliphatic rings. The van der Waals surface area contributed by atoms with E-state index in [0.717, 1.165) is 27.7 Å². The van der Waals surface area contributed by atoms with Crippen LogP contribution in [-0.2, 0) is 5.75 Å². The van der Waals surface area contributed by atoms with Crippen LogP contribution in [0.15, 0.2) is 53.9 Å². The van der Waals surface area contributed by atoms with Crippen LogP contribution in [0.3, 0.4) is 0 Å². The molecule has 0 fully saturated rings. The van der Waals surface area contributed by atoms with E-state index in [1.165, 1.54) is 0 Å². The molecule has 0 aliphatic heterocycles. The fourth-order valence-corrected chi connectivity index (χ4v) is 3.47. The lowest BCUT2D eigenvalue weighted by Gasteiger charge is -2.11. The second-order valence-electron chi connectivity index (χ2n) is 5.64. The van der Waals surface area contributed by atoms with Crippen molar-refractivity contribution in [1.29, 1.82) is 0 Å². The number of hydrogen-bond donors (Lipinski definition) is 0. The van der Waals surface area contributed by atoms with E-state index in [-0.39, 0.29) is 5.78 Å². The Labute approximate surface area is 151 Å².